The molecule has 3 saturated carbocycles. The van der Waals surface area contributed by atoms with E-state index < -0.39 is 16.2 Å². The summed E-state index contributed by atoms with van der Waals surface area (Å²) in [5.41, 5.74) is 1.25. The second-order valence-electron chi connectivity index (χ2n) is 18.0. The van der Waals surface area contributed by atoms with Crippen LogP contribution in [-0.4, -0.2) is 39.1 Å². The van der Waals surface area contributed by atoms with Crippen molar-refractivity contribution in [1.29, 1.82) is 5.26 Å². The van der Waals surface area contributed by atoms with Crippen LogP contribution in [0.3, 0.4) is 0 Å². The highest BCUT2D eigenvalue weighted by molar-refractivity contribution is 6.04. The minimum absolute atomic E-state index is 0.000635. The van der Waals surface area contributed by atoms with Crippen LogP contribution in [0.4, 0.5) is 0 Å². The summed E-state index contributed by atoms with van der Waals surface area (Å²) in [5, 5.41) is 13.2. The van der Waals surface area contributed by atoms with E-state index in [1.54, 1.807) is 17.1 Å². The Kier molecular flexibility index (Phi) is 7.51. The van der Waals surface area contributed by atoms with Crippen molar-refractivity contribution >= 4 is 17.5 Å². The fourth-order valence-electron chi connectivity index (χ4n) is 11.8. The van der Waals surface area contributed by atoms with Crippen LogP contribution in [0.2, 0.25) is 0 Å². The Labute approximate surface area is 290 Å². The Morgan fingerprint density at radius 1 is 1.04 bits per heavy atom. The zero-order chi connectivity index (χ0) is 35.4. The van der Waals surface area contributed by atoms with Crippen LogP contribution < -0.4 is 5.32 Å². The second kappa shape index (κ2) is 10.9. The number of imidazole rings is 1. The molecule has 0 aliphatic heterocycles. The van der Waals surface area contributed by atoms with Crippen molar-refractivity contribution in [3.05, 3.63) is 59.8 Å². The van der Waals surface area contributed by atoms with E-state index in [4.69, 9.17) is 0 Å². The van der Waals surface area contributed by atoms with Crippen LogP contribution in [0, 0.1) is 61.6 Å². The third-order valence-corrected chi connectivity index (χ3v) is 14.6. The lowest BCUT2D eigenvalue weighted by atomic mass is 9.34. The van der Waals surface area contributed by atoms with E-state index in [1.165, 1.54) is 0 Å². The first kappa shape index (κ1) is 33.8. The largest absolute Gasteiger partial charge is 0.316 e. The maximum Gasteiger partial charge on any atom is 0.238 e. The molecule has 2 unspecified atom stereocenters. The Bertz CT molecular complexity index is 1880. The van der Waals surface area contributed by atoms with Crippen molar-refractivity contribution in [1.82, 2.24) is 19.9 Å². The third-order valence-electron chi connectivity index (χ3n) is 14.6. The second-order valence-corrected chi connectivity index (χ2v) is 18.0. The predicted octanol–water partition coefficient (Wildman–Crippen LogP) is 7.52. The van der Waals surface area contributed by atoms with Gasteiger partial charge < -0.3 is 5.32 Å². The number of pyridine rings is 1. The summed E-state index contributed by atoms with van der Waals surface area (Å²) in [7, 11) is 1.90. The SMILES string of the molecule is CNCc1cncc(-c2cn(C(=O)[C@]34CCC(C)(C)CC3[C@H]3C(=O)C=C5[C@@]6(C)C=C(C#N)C(=O)C(C)(C)C6CC[C@@]5(C)[C@]3(C)CC4)cn2)c1. The summed E-state index contributed by atoms with van der Waals surface area (Å²) in [6.07, 6.45) is 16.6. The van der Waals surface area contributed by atoms with Gasteiger partial charge >= 0.3 is 0 Å². The first-order valence-corrected chi connectivity index (χ1v) is 18.1. The van der Waals surface area contributed by atoms with Crippen LogP contribution >= 0.6 is 0 Å². The van der Waals surface area contributed by atoms with Crippen LogP contribution in [0.1, 0.15) is 104 Å². The molecule has 8 heteroatoms. The number of carbonyl (C=O) groups is 3. The van der Waals surface area contributed by atoms with Gasteiger partial charge in [0.05, 0.1) is 16.7 Å². The maximum atomic E-state index is 14.9. The molecule has 49 heavy (non-hydrogen) atoms. The zero-order valence-electron chi connectivity index (χ0n) is 30.4. The van der Waals surface area contributed by atoms with E-state index in [-0.39, 0.29) is 57.0 Å². The van der Waals surface area contributed by atoms with E-state index in [9.17, 15) is 19.6 Å². The van der Waals surface area contributed by atoms with Gasteiger partial charge in [0.1, 0.15) is 12.4 Å². The van der Waals surface area contributed by atoms with E-state index in [1.807, 2.05) is 45.4 Å². The van der Waals surface area contributed by atoms with Crippen LogP contribution in [0.5, 0.6) is 0 Å². The number of nitriles is 1. The van der Waals surface area contributed by atoms with Gasteiger partial charge in [-0.2, -0.15) is 5.26 Å². The number of hydrogen-bond donors (Lipinski definition) is 1. The molecule has 1 N–H and O–H groups in total. The highest BCUT2D eigenvalue weighted by Crippen LogP contribution is 2.74. The summed E-state index contributed by atoms with van der Waals surface area (Å²) in [5.74, 6) is -0.359. The normalized spacial score (nSPS) is 37.4. The van der Waals surface area contributed by atoms with E-state index >= 15 is 0 Å². The Morgan fingerprint density at radius 3 is 2.49 bits per heavy atom. The molecule has 258 valence electrons. The van der Waals surface area contributed by atoms with Gasteiger partial charge in [-0.3, -0.25) is 23.9 Å². The summed E-state index contributed by atoms with van der Waals surface area (Å²) in [6.45, 7) is 16.0. The van der Waals surface area contributed by atoms with Gasteiger partial charge in [0.15, 0.2) is 11.6 Å². The number of nitrogens with zero attached hydrogens (tertiary/aromatic N) is 4. The summed E-state index contributed by atoms with van der Waals surface area (Å²) >= 11 is 0. The smallest absolute Gasteiger partial charge is 0.238 e. The molecule has 5 aliphatic rings. The Balaban J connectivity index is 1.31. The average Bonchev–Trinajstić information content (AvgIpc) is 3.54. The standard InChI is InChI=1S/C41H51N5O3/c1-36(2)11-13-41(35(49)46-23-29(45-24-46)26-15-25(20-43-8)21-44-22-26)14-12-40(7)33(28(41)18-36)30(47)16-32-38(5)17-27(19-42)34(48)37(3,4)31(38)9-10-39(32,40)6/h15-17,21-24,28,31,33,43H,9-14,18,20H2,1-8H3/t28?,31?,33-,38-,39+,40+,41-/m0/s1. The quantitative estimate of drug-likeness (QED) is 0.360. The molecule has 7 rings (SSSR count). The lowest BCUT2D eigenvalue weighted by Gasteiger charge is -2.69. The number of nitrogens with one attached hydrogen (secondary N) is 1. The number of ketones is 2. The molecule has 0 bridgehead atoms. The van der Waals surface area contributed by atoms with Crippen molar-refractivity contribution in [3.8, 4) is 17.3 Å². The topological polar surface area (TPSA) is 118 Å². The van der Waals surface area contributed by atoms with Gasteiger partial charge in [-0.1, -0.05) is 60.1 Å². The van der Waals surface area contributed by atoms with Gasteiger partial charge in [0.25, 0.3) is 0 Å². The van der Waals surface area contributed by atoms with Crippen molar-refractivity contribution in [2.45, 2.75) is 100.0 Å². The lowest BCUT2D eigenvalue weighted by molar-refractivity contribution is -0.164. The van der Waals surface area contributed by atoms with E-state index in [2.05, 4.69) is 62.0 Å². The summed E-state index contributed by atoms with van der Waals surface area (Å²) in [4.78, 5) is 52.3. The van der Waals surface area contributed by atoms with E-state index in [0.29, 0.717) is 18.7 Å². The first-order chi connectivity index (χ1) is 23.0. The molecule has 5 aliphatic carbocycles. The van der Waals surface area contributed by atoms with Crippen molar-refractivity contribution in [2.75, 3.05) is 7.05 Å². The third kappa shape index (κ3) is 4.60. The minimum atomic E-state index is -0.701. The molecule has 0 saturated heterocycles. The van der Waals surface area contributed by atoms with Crippen LogP contribution in [-0.2, 0) is 16.1 Å². The molecular formula is C41H51N5O3. The van der Waals surface area contributed by atoms with Gasteiger partial charge in [-0.15, -0.1) is 0 Å². The average molecular weight is 662 g/mol. The monoisotopic (exact) mass is 661 g/mol. The highest BCUT2D eigenvalue weighted by Gasteiger charge is 2.71. The molecule has 0 aromatic carbocycles. The molecule has 0 radical (unpaired) electrons. The number of hydrogen-bond acceptors (Lipinski definition) is 7. The fraction of sp³-hybridized carbons (Fsp3) is 0.610. The number of carbonyl (C=O) groups excluding carboxylic acids is 3. The molecular weight excluding hydrogens is 610 g/mol. The van der Waals surface area contributed by atoms with Crippen LogP contribution in [0.15, 0.2) is 54.3 Å². The molecule has 7 atom stereocenters. The van der Waals surface area contributed by atoms with E-state index in [0.717, 1.165) is 55.2 Å². The number of rotatable bonds is 4. The maximum absolute atomic E-state index is 14.9. The molecule has 2 heterocycles. The molecule has 0 spiro atoms. The zero-order valence-corrected chi connectivity index (χ0v) is 30.4. The molecule has 2 aromatic rings. The van der Waals surface area contributed by atoms with Crippen LogP contribution in [0.25, 0.3) is 11.3 Å². The van der Waals surface area contributed by atoms with Gasteiger partial charge in [0, 0.05) is 47.4 Å². The molecule has 8 nitrogen and oxygen atoms in total. The van der Waals surface area contributed by atoms with Gasteiger partial charge in [0.2, 0.25) is 5.91 Å². The number of fused-ring (bicyclic) bond motifs is 7. The van der Waals surface area contributed by atoms with Gasteiger partial charge in [-0.25, -0.2) is 4.98 Å². The Morgan fingerprint density at radius 2 is 1.78 bits per heavy atom. The molecule has 3 fully saturated rings. The van der Waals surface area contributed by atoms with Crippen molar-refractivity contribution in [3.63, 3.8) is 0 Å². The van der Waals surface area contributed by atoms with Crippen molar-refractivity contribution < 1.29 is 14.4 Å². The lowest BCUT2D eigenvalue weighted by Crippen LogP contribution is -2.66. The summed E-state index contributed by atoms with van der Waals surface area (Å²) < 4.78 is 1.69. The number of Topliss-reactive ketones (excluding diaryl/α,β-unsaturated/α-hetero) is 1. The van der Waals surface area contributed by atoms with Gasteiger partial charge in [-0.05, 0) is 97.8 Å². The first-order valence-electron chi connectivity index (χ1n) is 18.1. The highest BCUT2D eigenvalue weighted by atomic mass is 16.2. The fourth-order valence-corrected chi connectivity index (χ4v) is 11.8. The molecule has 0 amide bonds. The Hall–Kier alpha value is -3.70. The van der Waals surface area contributed by atoms with Crippen molar-refractivity contribution in [2.24, 2.45) is 50.2 Å². The summed E-state index contributed by atoms with van der Waals surface area (Å²) in [6, 6.07) is 4.25. The predicted molar refractivity (Wildman–Crippen MR) is 188 cm³/mol. The molecule has 2 aromatic heterocycles. The minimum Gasteiger partial charge on any atom is -0.316 e. The number of allylic oxidation sites excluding steroid dienone is 4. The number of aromatic nitrogens is 3.